The predicted octanol–water partition coefficient (Wildman–Crippen LogP) is 0.903. The molecule has 0 aromatic carbocycles. The number of nitrogens with zero attached hydrogens (tertiary/aromatic N) is 1. The smallest absolute Gasteiger partial charge is 0.448 e. The Bertz CT molecular complexity index is 367. The first-order chi connectivity index (χ1) is 5.83. The van der Waals surface area contributed by atoms with Crippen LogP contribution in [0.2, 0.25) is 0 Å². The molecule has 13 heavy (non-hydrogen) atoms. The minimum absolute atomic E-state index is 0.628. The van der Waals surface area contributed by atoms with Gasteiger partial charge in [0.1, 0.15) is 0 Å². The molecule has 0 atom stereocenters. The lowest BCUT2D eigenvalue weighted by atomic mass is 10.9. The minimum atomic E-state index is -5.64. The highest BCUT2D eigenvalue weighted by atomic mass is 32.2. The van der Waals surface area contributed by atoms with E-state index in [9.17, 15) is 21.6 Å². The summed E-state index contributed by atoms with van der Waals surface area (Å²) >= 11 is 0. The largest absolute Gasteiger partial charge is 0.534 e. The van der Waals surface area contributed by atoms with E-state index < -0.39 is 21.5 Å². The van der Waals surface area contributed by atoms with Crippen LogP contribution in [-0.4, -0.2) is 18.9 Å². The van der Waals surface area contributed by atoms with Crippen LogP contribution in [0.3, 0.4) is 0 Å². The van der Waals surface area contributed by atoms with E-state index in [0.29, 0.717) is 6.26 Å². The highest BCUT2D eigenvalue weighted by molar-refractivity contribution is 7.87. The maximum Gasteiger partial charge on any atom is 0.534 e. The Morgan fingerprint density at radius 1 is 1.46 bits per heavy atom. The SMILES string of the molecule is O=S(=O)(Oc1cocn1)C(F)(F)F. The molecule has 0 saturated heterocycles. The number of hydrogen-bond acceptors (Lipinski definition) is 5. The van der Waals surface area contributed by atoms with E-state index in [1.807, 2.05) is 0 Å². The molecule has 0 unspecified atom stereocenters. The van der Waals surface area contributed by atoms with Crippen LogP contribution >= 0.6 is 0 Å². The van der Waals surface area contributed by atoms with Gasteiger partial charge in [-0.15, -0.1) is 0 Å². The fraction of sp³-hybridized carbons (Fsp3) is 0.250. The van der Waals surface area contributed by atoms with Crippen LogP contribution in [0.4, 0.5) is 13.2 Å². The van der Waals surface area contributed by atoms with Crippen molar-refractivity contribution in [1.29, 1.82) is 0 Å². The molecule has 1 aromatic rings. The van der Waals surface area contributed by atoms with Crippen molar-refractivity contribution < 1.29 is 30.2 Å². The van der Waals surface area contributed by atoms with Gasteiger partial charge in [0.2, 0.25) is 0 Å². The second-order valence-corrected chi connectivity index (χ2v) is 3.35. The lowest BCUT2D eigenvalue weighted by molar-refractivity contribution is -0.0501. The zero-order chi connectivity index (χ0) is 10.1. The summed E-state index contributed by atoms with van der Waals surface area (Å²) in [4.78, 5) is 3.05. The van der Waals surface area contributed by atoms with Crippen molar-refractivity contribution in [3.63, 3.8) is 0 Å². The monoisotopic (exact) mass is 217 g/mol. The molecule has 0 bridgehead atoms. The Hall–Kier alpha value is -1.25. The Morgan fingerprint density at radius 2 is 2.08 bits per heavy atom. The summed E-state index contributed by atoms with van der Waals surface area (Å²) in [6, 6.07) is 0. The van der Waals surface area contributed by atoms with E-state index in [-0.39, 0.29) is 0 Å². The van der Waals surface area contributed by atoms with Crippen molar-refractivity contribution in [3.8, 4) is 5.88 Å². The number of rotatable bonds is 2. The predicted molar refractivity (Wildman–Crippen MR) is 32.1 cm³/mol. The third-order valence-electron chi connectivity index (χ3n) is 0.888. The number of hydrogen-bond donors (Lipinski definition) is 0. The van der Waals surface area contributed by atoms with E-state index in [1.165, 1.54) is 0 Å². The Kier molecular flexibility index (Phi) is 2.20. The van der Waals surface area contributed by atoms with Crippen LogP contribution in [0.25, 0.3) is 0 Å². The van der Waals surface area contributed by atoms with Gasteiger partial charge < -0.3 is 8.60 Å². The van der Waals surface area contributed by atoms with Gasteiger partial charge in [-0.1, -0.05) is 0 Å². The molecule has 0 saturated carbocycles. The molecule has 0 aliphatic heterocycles. The molecule has 5 nitrogen and oxygen atoms in total. The molecule has 9 heteroatoms. The highest BCUT2D eigenvalue weighted by Gasteiger charge is 2.49. The van der Waals surface area contributed by atoms with Gasteiger partial charge in [-0.05, 0) is 0 Å². The van der Waals surface area contributed by atoms with E-state index in [0.717, 1.165) is 6.39 Å². The summed E-state index contributed by atoms with van der Waals surface area (Å²) in [5.41, 5.74) is -5.47. The lowest BCUT2D eigenvalue weighted by Gasteiger charge is -2.05. The van der Waals surface area contributed by atoms with Crippen molar-refractivity contribution in [2.75, 3.05) is 0 Å². The van der Waals surface area contributed by atoms with Crippen LogP contribution < -0.4 is 4.18 Å². The van der Waals surface area contributed by atoms with Gasteiger partial charge in [0.25, 0.3) is 5.88 Å². The average molecular weight is 217 g/mol. The summed E-state index contributed by atoms with van der Waals surface area (Å²) in [6.07, 6.45) is 1.37. The van der Waals surface area contributed by atoms with E-state index in [4.69, 9.17) is 0 Å². The molecule has 0 amide bonds. The van der Waals surface area contributed by atoms with Crippen LogP contribution in [-0.2, 0) is 10.1 Å². The molecule has 74 valence electrons. The van der Waals surface area contributed by atoms with Gasteiger partial charge in [-0.3, -0.25) is 0 Å². The fourth-order valence-corrected chi connectivity index (χ4v) is 0.804. The molecule has 0 fully saturated rings. The van der Waals surface area contributed by atoms with E-state index in [2.05, 4.69) is 13.6 Å². The van der Waals surface area contributed by atoms with Gasteiger partial charge in [0.05, 0.1) is 0 Å². The first-order valence-corrected chi connectivity index (χ1v) is 4.13. The first-order valence-electron chi connectivity index (χ1n) is 2.72. The van der Waals surface area contributed by atoms with Gasteiger partial charge in [0, 0.05) is 0 Å². The van der Waals surface area contributed by atoms with Crippen LogP contribution in [0.5, 0.6) is 5.88 Å². The van der Waals surface area contributed by atoms with Crippen LogP contribution in [0.15, 0.2) is 17.1 Å². The molecule has 1 heterocycles. The molecular weight excluding hydrogens is 215 g/mol. The van der Waals surface area contributed by atoms with Gasteiger partial charge in [-0.2, -0.15) is 26.6 Å². The van der Waals surface area contributed by atoms with Crippen LogP contribution in [0.1, 0.15) is 0 Å². The van der Waals surface area contributed by atoms with Crippen molar-refractivity contribution >= 4 is 10.1 Å². The molecule has 0 spiro atoms. The number of halogens is 3. The first kappa shape index (κ1) is 9.84. The van der Waals surface area contributed by atoms with Crippen LogP contribution in [0, 0.1) is 0 Å². The molecule has 0 aliphatic carbocycles. The van der Waals surface area contributed by atoms with Gasteiger partial charge in [0.15, 0.2) is 12.7 Å². The van der Waals surface area contributed by atoms with Gasteiger partial charge in [-0.25, -0.2) is 0 Å². The Labute approximate surface area is 70.3 Å². The Morgan fingerprint density at radius 3 is 2.46 bits per heavy atom. The summed E-state index contributed by atoms with van der Waals surface area (Å²) in [5, 5.41) is 0. The highest BCUT2D eigenvalue weighted by Crippen LogP contribution is 2.25. The van der Waals surface area contributed by atoms with Crippen molar-refractivity contribution in [2.24, 2.45) is 0 Å². The summed E-state index contributed by atoms with van der Waals surface area (Å²) in [7, 11) is -5.64. The van der Waals surface area contributed by atoms with Crippen molar-refractivity contribution in [2.45, 2.75) is 5.51 Å². The zero-order valence-electron chi connectivity index (χ0n) is 5.78. The quantitative estimate of drug-likeness (QED) is 0.543. The third kappa shape index (κ3) is 2.11. The van der Waals surface area contributed by atoms with E-state index >= 15 is 0 Å². The van der Waals surface area contributed by atoms with Crippen molar-refractivity contribution in [1.82, 2.24) is 4.98 Å². The number of aromatic nitrogens is 1. The molecule has 0 radical (unpaired) electrons. The third-order valence-corrected chi connectivity index (χ3v) is 1.85. The standard InChI is InChI=1S/C4H2F3NO4S/c5-4(6,7)13(9,10)12-3-1-11-2-8-3/h1-2H. The maximum atomic E-state index is 11.7. The minimum Gasteiger partial charge on any atom is -0.448 e. The molecule has 0 aliphatic rings. The molecule has 0 N–H and O–H groups in total. The number of alkyl halides is 3. The van der Waals surface area contributed by atoms with E-state index in [1.54, 1.807) is 0 Å². The second-order valence-electron chi connectivity index (χ2n) is 1.81. The molecular formula is C4H2F3NO4S. The second kappa shape index (κ2) is 2.91. The topological polar surface area (TPSA) is 69.4 Å². The van der Waals surface area contributed by atoms with Crippen molar-refractivity contribution in [3.05, 3.63) is 12.7 Å². The zero-order valence-corrected chi connectivity index (χ0v) is 6.59. The number of oxazole rings is 1. The molecule has 1 aromatic heterocycles. The maximum absolute atomic E-state index is 11.7. The van der Waals surface area contributed by atoms with Gasteiger partial charge >= 0.3 is 15.6 Å². The summed E-state index contributed by atoms with van der Waals surface area (Å²) in [5.74, 6) is -0.766. The molecule has 1 rings (SSSR count). The normalized spacial score (nSPS) is 12.8. The fourth-order valence-electron chi connectivity index (χ4n) is 0.402. The Balaban J connectivity index is 2.87. The summed E-state index contributed by atoms with van der Waals surface area (Å²) < 4.78 is 63.3. The lowest BCUT2D eigenvalue weighted by Crippen LogP contribution is -2.28. The summed E-state index contributed by atoms with van der Waals surface area (Å²) in [6.45, 7) is 0. The average Bonchev–Trinajstić information content (AvgIpc) is 2.35.